The number of rotatable bonds is 3. The van der Waals surface area contributed by atoms with Gasteiger partial charge >= 0.3 is 5.97 Å². The molecule has 2 aromatic carbocycles. The van der Waals surface area contributed by atoms with E-state index in [0.717, 1.165) is 6.92 Å². The van der Waals surface area contributed by atoms with Gasteiger partial charge in [-0.2, -0.15) is 4.39 Å². The number of hydrogen-bond acceptors (Lipinski definition) is 3. The number of ketones is 1. The van der Waals surface area contributed by atoms with E-state index in [1.807, 2.05) is 0 Å². The summed E-state index contributed by atoms with van der Waals surface area (Å²) in [6, 6.07) is 8.03. The lowest BCUT2D eigenvalue weighted by Crippen LogP contribution is -2.13. The lowest BCUT2D eigenvalue weighted by atomic mass is 10.1. The molecule has 0 atom stereocenters. The van der Waals surface area contributed by atoms with Crippen LogP contribution in [0.15, 0.2) is 36.4 Å². The third kappa shape index (κ3) is 2.94. The van der Waals surface area contributed by atoms with Gasteiger partial charge in [0.25, 0.3) is 0 Å². The SMILES string of the molecule is CC(=O)c1cc(F)c(F)c(F)c1OC(=O)c1ccccc1. The van der Waals surface area contributed by atoms with Crippen LogP contribution in [0.25, 0.3) is 0 Å². The Labute approximate surface area is 118 Å². The average Bonchev–Trinajstić information content (AvgIpc) is 2.48. The normalized spacial score (nSPS) is 10.3. The van der Waals surface area contributed by atoms with Gasteiger partial charge in [-0.1, -0.05) is 18.2 Å². The van der Waals surface area contributed by atoms with E-state index in [1.54, 1.807) is 18.2 Å². The van der Waals surface area contributed by atoms with E-state index in [0.29, 0.717) is 6.07 Å². The van der Waals surface area contributed by atoms with Crippen molar-refractivity contribution in [2.24, 2.45) is 0 Å². The minimum atomic E-state index is -1.81. The van der Waals surface area contributed by atoms with Crippen LogP contribution >= 0.6 is 0 Å². The molecule has 2 rings (SSSR count). The second-order valence-corrected chi connectivity index (χ2v) is 4.17. The van der Waals surface area contributed by atoms with Crippen LogP contribution in [0.5, 0.6) is 5.75 Å². The summed E-state index contributed by atoms with van der Waals surface area (Å²) >= 11 is 0. The molecule has 0 saturated carbocycles. The number of ether oxygens (including phenoxy) is 1. The Morgan fingerprint density at radius 2 is 1.62 bits per heavy atom. The molecule has 0 bridgehead atoms. The molecular formula is C15H9F3O3. The second-order valence-electron chi connectivity index (χ2n) is 4.17. The minimum absolute atomic E-state index is 0.0798. The number of carbonyl (C=O) groups excluding carboxylic acids is 2. The maximum absolute atomic E-state index is 13.7. The Hall–Kier alpha value is -2.63. The Morgan fingerprint density at radius 1 is 1.00 bits per heavy atom. The van der Waals surface area contributed by atoms with Gasteiger partial charge in [0.05, 0.1) is 11.1 Å². The first-order chi connectivity index (χ1) is 9.91. The van der Waals surface area contributed by atoms with Crippen molar-refractivity contribution in [3.05, 3.63) is 65.0 Å². The zero-order valence-electron chi connectivity index (χ0n) is 10.8. The van der Waals surface area contributed by atoms with Gasteiger partial charge in [-0.25, -0.2) is 13.6 Å². The van der Waals surface area contributed by atoms with Gasteiger partial charge in [0.15, 0.2) is 23.2 Å². The topological polar surface area (TPSA) is 43.4 Å². The average molecular weight is 294 g/mol. The Morgan fingerprint density at radius 3 is 2.19 bits per heavy atom. The smallest absolute Gasteiger partial charge is 0.343 e. The Kier molecular flexibility index (Phi) is 4.07. The molecule has 0 heterocycles. The van der Waals surface area contributed by atoms with Gasteiger partial charge in [0.1, 0.15) is 0 Å². The first kappa shape index (κ1) is 14.8. The zero-order valence-corrected chi connectivity index (χ0v) is 10.8. The standard InChI is InChI=1S/C15H9F3O3/c1-8(19)10-7-11(16)12(17)13(18)14(10)21-15(20)9-5-3-2-4-6-9/h2-7H,1H3. The van der Waals surface area contributed by atoms with Crippen LogP contribution in [-0.4, -0.2) is 11.8 Å². The number of halogens is 3. The van der Waals surface area contributed by atoms with Gasteiger partial charge in [-0.05, 0) is 25.1 Å². The maximum atomic E-state index is 13.7. The van der Waals surface area contributed by atoms with E-state index in [9.17, 15) is 22.8 Å². The molecule has 0 amide bonds. The van der Waals surface area contributed by atoms with Crippen molar-refractivity contribution < 1.29 is 27.5 Å². The first-order valence-electron chi connectivity index (χ1n) is 5.87. The molecule has 0 unspecified atom stereocenters. The molecule has 21 heavy (non-hydrogen) atoms. The summed E-state index contributed by atoms with van der Waals surface area (Å²) in [7, 11) is 0. The summed E-state index contributed by atoms with van der Waals surface area (Å²) < 4.78 is 44.8. The fraction of sp³-hybridized carbons (Fsp3) is 0.0667. The summed E-state index contributed by atoms with van der Waals surface area (Å²) in [4.78, 5) is 23.2. The lowest BCUT2D eigenvalue weighted by molar-refractivity contribution is 0.0724. The molecular weight excluding hydrogens is 285 g/mol. The monoisotopic (exact) mass is 294 g/mol. The zero-order chi connectivity index (χ0) is 15.6. The van der Waals surface area contributed by atoms with Gasteiger partial charge < -0.3 is 4.74 Å². The van der Waals surface area contributed by atoms with Crippen molar-refractivity contribution in [1.29, 1.82) is 0 Å². The number of carbonyl (C=O) groups is 2. The largest absolute Gasteiger partial charge is 0.419 e. The van der Waals surface area contributed by atoms with Gasteiger partial charge in [0, 0.05) is 0 Å². The molecule has 0 radical (unpaired) electrons. The second kappa shape index (κ2) is 5.78. The predicted octanol–water partition coefficient (Wildman–Crippen LogP) is 3.53. The fourth-order valence-corrected chi connectivity index (χ4v) is 1.67. The molecule has 0 aromatic heterocycles. The van der Waals surface area contributed by atoms with Crippen LogP contribution in [0, 0.1) is 17.5 Å². The summed E-state index contributed by atoms with van der Waals surface area (Å²) in [6.07, 6.45) is 0. The van der Waals surface area contributed by atoms with E-state index < -0.39 is 40.5 Å². The highest BCUT2D eigenvalue weighted by atomic mass is 19.2. The number of esters is 1. The van der Waals surface area contributed by atoms with E-state index >= 15 is 0 Å². The number of hydrogen-bond donors (Lipinski definition) is 0. The van der Waals surface area contributed by atoms with Gasteiger partial charge in [-0.3, -0.25) is 4.79 Å². The highest BCUT2D eigenvalue weighted by Gasteiger charge is 2.24. The van der Waals surface area contributed by atoms with Crippen LogP contribution in [0.1, 0.15) is 27.6 Å². The summed E-state index contributed by atoms with van der Waals surface area (Å²) in [6.45, 7) is 1.02. The maximum Gasteiger partial charge on any atom is 0.343 e. The van der Waals surface area contributed by atoms with Gasteiger partial charge in [0.2, 0.25) is 5.82 Å². The summed E-state index contributed by atoms with van der Waals surface area (Å²) in [5, 5.41) is 0. The highest BCUT2D eigenvalue weighted by molar-refractivity contribution is 5.99. The molecule has 108 valence electrons. The minimum Gasteiger partial charge on any atom is -0.419 e. The number of benzene rings is 2. The van der Waals surface area contributed by atoms with Crippen LogP contribution in [0.3, 0.4) is 0 Å². The predicted molar refractivity (Wildman–Crippen MR) is 67.7 cm³/mol. The van der Waals surface area contributed by atoms with Gasteiger partial charge in [-0.15, -0.1) is 0 Å². The van der Waals surface area contributed by atoms with Crippen molar-refractivity contribution in [1.82, 2.24) is 0 Å². The molecule has 0 saturated heterocycles. The molecule has 3 nitrogen and oxygen atoms in total. The molecule has 0 spiro atoms. The molecule has 6 heteroatoms. The summed E-state index contributed by atoms with van der Waals surface area (Å²) in [5.41, 5.74) is -0.466. The van der Waals surface area contributed by atoms with Crippen molar-refractivity contribution in [3.8, 4) is 5.75 Å². The molecule has 0 fully saturated rings. The molecule has 2 aromatic rings. The van der Waals surface area contributed by atoms with Crippen molar-refractivity contribution in [2.45, 2.75) is 6.92 Å². The molecule has 0 aliphatic rings. The van der Waals surface area contributed by atoms with Crippen molar-refractivity contribution in [2.75, 3.05) is 0 Å². The molecule has 0 aliphatic heterocycles. The van der Waals surface area contributed by atoms with Crippen LogP contribution < -0.4 is 4.74 Å². The summed E-state index contributed by atoms with van der Waals surface area (Å²) in [5.74, 6) is -7.72. The van der Waals surface area contributed by atoms with E-state index in [-0.39, 0.29) is 5.56 Å². The molecule has 0 aliphatic carbocycles. The Bertz CT molecular complexity index is 712. The third-order valence-corrected chi connectivity index (χ3v) is 2.70. The van der Waals surface area contributed by atoms with E-state index in [4.69, 9.17) is 4.74 Å². The third-order valence-electron chi connectivity index (χ3n) is 2.70. The van der Waals surface area contributed by atoms with E-state index in [1.165, 1.54) is 12.1 Å². The molecule has 0 N–H and O–H groups in total. The fourth-order valence-electron chi connectivity index (χ4n) is 1.67. The number of Topliss-reactive ketones (excluding diaryl/α,β-unsaturated/α-hetero) is 1. The first-order valence-corrected chi connectivity index (χ1v) is 5.87. The van der Waals surface area contributed by atoms with Crippen LogP contribution in [0.4, 0.5) is 13.2 Å². The van der Waals surface area contributed by atoms with E-state index in [2.05, 4.69) is 0 Å². The highest BCUT2D eigenvalue weighted by Crippen LogP contribution is 2.28. The van der Waals surface area contributed by atoms with Crippen LogP contribution in [-0.2, 0) is 0 Å². The lowest BCUT2D eigenvalue weighted by Gasteiger charge is -2.10. The Balaban J connectivity index is 2.46. The van der Waals surface area contributed by atoms with Crippen molar-refractivity contribution in [3.63, 3.8) is 0 Å². The quantitative estimate of drug-likeness (QED) is 0.376. The van der Waals surface area contributed by atoms with Crippen molar-refractivity contribution >= 4 is 11.8 Å². The van der Waals surface area contributed by atoms with Crippen LogP contribution in [0.2, 0.25) is 0 Å².